The normalized spacial score (nSPS) is 21.1. The van der Waals surface area contributed by atoms with Crippen LogP contribution in [0.5, 0.6) is 0 Å². The number of hydrogen-bond acceptors (Lipinski definition) is 5. The SMILES string of the molecule is CC.CC(CC(C)(C)Cc1nn(C)c2nc(N3CCCCCC3)ccc12)C1CCN(CCN2CCCC2)CC1. The molecular weight excluding hydrogens is 480 g/mol. The monoisotopic (exact) mass is 538 g/mol. The van der Waals surface area contributed by atoms with Gasteiger partial charge >= 0.3 is 0 Å². The summed E-state index contributed by atoms with van der Waals surface area (Å²) < 4.78 is 2.02. The third-order valence-corrected chi connectivity index (χ3v) is 9.57. The molecule has 0 saturated carbocycles. The first-order valence-electron chi connectivity index (χ1n) is 16.4. The lowest BCUT2D eigenvalue weighted by Gasteiger charge is -2.38. The van der Waals surface area contributed by atoms with Crippen molar-refractivity contribution in [2.45, 2.75) is 98.8 Å². The first-order chi connectivity index (χ1) is 18.9. The van der Waals surface area contributed by atoms with Crippen LogP contribution in [0.25, 0.3) is 11.0 Å². The lowest BCUT2D eigenvalue weighted by molar-refractivity contribution is 0.118. The Morgan fingerprint density at radius 3 is 2.08 bits per heavy atom. The van der Waals surface area contributed by atoms with E-state index in [-0.39, 0.29) is 5.41 Å². The van der Waals surface area contributed by atoms with Gasteiger partial charge in [-0.25, -0.2) is 4.98 Å². The third kappa shape index (κ3) is 8.19. The fourth-order valence-electron chi connectivity index (χ4n) is 7.40. The molecule has 0 N–H and O–H groups in total. The number of hydrogen-bond donors (Lipinski definition) is 0. The van der Waals surface area contributed by atoms with Gasteiger partial charge in [-0.3, -0.25) is 4.68 Å². The second-order valence-corrected chi connectivity index (χ2v) is 13.3. The maximum atomic E-state index is 5.09. The highest BCUT2D eigenvalue weighted by molar-refractivity contribution is 5.80. The third-order valence-electron chi connectivity index (χ3n) is 9.57. The van der Waals surface area contributed by atoms with E-state index in [0.29, 0.717) is 0 Å². The molecule has 3 fully saturated rings. The number of nitrogens with zero attached hydrogens (tertiary/aromatic N) is 6. The summed E-state index contributed by atoms with van der Waals surface area (Å²) in [4.78, 5) is 12.9. The molecule has 0 amide bonds. The summed E-state index contributed by atoms with van der Waals surface area (Å²) >= 11 is 0. The number of pyridine rings is 1. The second kappa shape index (κ2) is 14.3. The van der Waals surface area contributed by atoms with Crippen molar-refractivity contribution < 1.29 is 0 Å². The Morgan fingerprint density at radius 1 is 0.846 bits per heavy atom. The summed E-state index contributed by atoms with van der Waals surface area (Å²) in [5.74, 6) is 2.75. The van der Waals surface area contributed by atoms with Crippen LogP contribution in [0.2, 0.25) is 0 Å². The smallest absolute Gasteiger partial charge is 0.160 e. The van der Waals surface area contributed by atoms with Crippen molar-refractivity contribution >= 4 is 16.9 Å². The van der Waals surface area contributed by atoms with Crippen molar-refractivity contribution in [3.8, 4) is 0 Å². The molecule has 5 rings (SSSR count). The van der Waals surface area contributed by atoms with Gasteiger partial charge in [0.2, 0.25) is 0 Å². The molecule has 0 aromatic carbocycles. The molecular formula is C33H58N6. The lowest BCUT2D eigenvalue weighted by atomic mass is 9.73. The minimum absolute atomic E-state index is 0.233. The number of fused-ring (bicyclic) bond motifs is 1. The molecule has 3 aliphatic rings. The first-order valence-corrected chi connectivity index (χ1v) is 16.4. The van der Waals surface area contributed by atoms with E-state index in [4.69, 9.17) is 10.1 Å². The van der Waals surface area contributed by atoms with Gasteiger partial charge in [-0.2, -0.15) is 5.10 Å². The van der Waals surface area contributed by atoms with Crippen LogP contribution < -0.4 is 4.90 Å². The van der Waals surface area contributed by atoms with Gasteiger partial charge in [-0.1, -0.05) is 47.5 Å². The Morgan fingerprint density at radius 2 is 1.44 bits per heavy atom. The minimum atomic E-state index is 0.233. The fraction of sp³-hybridized carbons (Fsp3) is 0.818. The molecule has 220 valence electrons. The Labute approximate surface area is 239 Å². The zero-order valence-electron chi connectivity index (χ0n) is 26.2. The molecule has 0 radical (unpaired) electrons. The van der Waals surface area contributed by atoms with Crippen LogP contribution in [0, 0.1) is 17.3 Å². The molecule has 5 heterocycles. The molecule has 2 aromatic heterocycles. The van der Waals surface area contributed by atoms with Crippen LogP contribution in [0.1, 0.15) is 98.1 Å². The minimum Gasteiger partial charge on any atom is -0.357 e. The van der Waals surface area contributed by atoms with Crippen molar-refractivity contribution in [1.82, 2.24) is 24.6 Å². The van der Waals surface area contributed by atoms with Crippen LogP contribution in [-0.4, -0.2) is 76.9 Å². The Bertz CT molecular complexity index is 991. The van der Waals surface area contributed by atoms with E-state index in [1.54, 1.807) is 0 Å². The van der Waals surface area contributed by atoms with Gasteiger partial charge in [0, 0.05) is 38.6 Å². The zero-order chi connectivity index (χ0) is 27.8. The van der Waals surface area contributed by atoms with E-state index in [2.05, 4.69) is 54.7 Å². The van der Waals surface area contributed by atoms with Crippen molar-refractivity contribution in [3.05, 3.63) is 17.8 Å². The molecule has 0 spiro atoms. The van der Waals surface area contributed by atoms with Crippen LogP contribution in [0.3, 0.4) is 0 Å². The molecule has 0 aliphatic carbocycles. The first kappa shape index (κ1) is 30.3. The average molecular weight is 539 g/mol. The van der Waals surface area contributed by atoms with E-state index >= 15 is 0 Å². The van der Waals surface area contributed by atoms with Crippen molar-refractivity contribution in [3.63, 3.8) is 0 Å². The molecule has 0 bridgehead atoms. The van der Waals surface area contributed by atoms with Crippen LogP contribution in [0.15, 0.2) is 12.1 Å². The standard InChI is InChI=1S/C31H52N6.C2H6/c1-25(26-13-19-36(20-14-26)22-21-35-15-9-10-16-35)23-31(2,3)24-28-27-11-12-29(32-30(27)34(4)33-28)37-17-7-5-6-8-18-37;1-2/h11-12,25-26H,5-10,13-24H2,1-4H3;1-2H3. The van der Waals surface area contributed by atoms with E-state index < -0.39 is 0 Å². The Hall–Kier alpha value is -1.66. The largest absolute Gasteiger partial charge is 0.357 e. The highest BCUT2D eigenvalue weighted by atomic mass is 15.3. The van der Waals surface area contributed by atoms with Crippen LogP contribution >= 0.6 is 0 Å². The molecule has 3 aliphatic heterocycles. The fourth-order valence-corrected chi connectivity index (χ4v) is 7.40. The van der Waals surface area contributed by atoms with Crippen molar-refractivity contribution in [2.75, 3.05) is 57.3 Å². The molecule has 1 unspecified atom stereocenters. The molecule has 6 heteroatoms. The Kier molecular flexibility index (Phi) is 11.1. The van der Waals surface area contributed by atoms with E-state index in [1.165, 1.54) is 108 Å². The quantitative estimate of drug-likeness (QED) is 0.352. The molecule has 2 aromatic rings. The lowest BCUT2D eigenvalue weighted by Crippen LogP contribution is -2.40. The van der Waals surface area contributed by atoms with E-state index in [9.17, 15) is 0 Å². The number of anilines is 1. The van der Waals surface area contributed by atoms with E-state index in [1.807, 2.05) is 18.5 Å². The van der Waals surface area contributed by atoms with Gasteiger partial charge < -0.3 is 14.7 Å². The van der Waals surface area contributed by atoms with Gasteiger partial charge in [0.15, 0.2) is 5.65 Å². The molecule has 39 heavy (non-hydrogen) atoms. The summed E-state index contributed by atoms with van der Waals surface area (Å²) in [6.45, 7) is 21.5. The Balaban J connectivity index is 0.00000172. The summed E-state index contributed by atoms with van der Waals surface area (Å²) in [6, 6.07) is 4.54. The van der Waals surface area contributed by atoms with Crippen LogP contribution in [0.4, 0.5) is 5.82 Å². The van der Waals surface area contributed by atoms with Crippen molar-refractivity contribution in [1.29, 1.82) is 0 Å². The molecule has 1 atom stereocenters. The topological polar surface area (TPSA) is 40.4 Å². The predicted octanol–water partition coefficient (Wildman–Crippen LogP) is 6.78. The van der Waals surface area contributed by atoms with Gasteiger partial charge in [0.1, 0.15) is 5.82 Å². The summed E-state index contributed by atoms with van der Waals surface area (Å²) in [5, 5.41) is 6.23. The summed E-state index contributed by atoms with van der Waals surface area (Å²) in [6.07, 6.45) is 13.1. The summed E-state index contributed by atoms with van der Waals surface area (Å²) in [7, 11) is 2.07. The molecule has 3 saturated heterocycles. The zero-order valence-corrected chi connectivity index (χ0v) is 26.2. The number of rotatable bonds is 9. The molecule has 6 nitrogen and oxygen atoms in total. The van der Waals surface area contributed by atoms with Crippen molar-refractivity contribution in [2.24, 2.45) is 24.3 Å². The predicted molar refractivity (Wildman–Crippen MR) is 167 cm³/mol. The average Bonchev–Trinajstić information content (AvgIpc) is 3.46. The summed E-state index contributed by atoms with van der Waals surface area (Å²) in [5.41, 5.74) is 2.50. The number of piperidine rings is 1. The highest BCUT2D eigenvalue weighted by Crippen LogP contribution is 2.37. The maximum absolute atomic E-state index is 5.09. The highest BCUT2D eigenvalue weighted by Gasteiger charge is 2.30. The van der Waals surface area contributed by atoms with Crippen LogP contribution in [-0.2, 0) is 13.5 Å². The van der Waals surface area contributed by atoms with Gasteiger partial charge in [0.05, 0.1) is 5.69 Å². The number of aryl methyl sites for hydroxylation is 1. The van der Waals surface area contributed by atoms with Gasteiger partial charge in [0.25, 0.3) is 0 Å². The second-order valence-electron chi connectivity index (χ2n) is 13.3. The van der Waals surface area contributed by atoms with Gasteiger partial charge in [-0.15, -0.1) is 0 Å². The number of likely N-dealkylation sites (tertiary alicyclic amines) is 2. The van der Waals surface area contributed by atoms with Gasteiger partial charge in [-0.05, 0) is 107 Å². The number of aromatic nitrogens is 3. The van der Waals surface area contributed by atoms with E-state index in [0.717, 1.165) is 42.8 Å². The maximum Gasteiger partial charge on any atom is 0.160 e.